The first kappa shape index (κ1) is 18.3. The molecule has 3 rings (SSSR count). The molecule has 0 aliphatic rings. The predicted molar refractivity (Wildman–Crippen MR) is 105 cm³/mol. The van der Waals surface area contributed by atoms with Crippen molar-refractivity contribution >= 4 is 11.6 Å². The van der Waals surface area contributed by atoms with Crippen molar-refractivity contribution in [2.75, 3.05) is 7.05 Å². The van der Waals surface area contributed by atoms with Gasteiger partial charge >= 0.3 is 0 Å². The summed E-state index contributed by atoms with van der Waals surface area (Å²) in [5, 5.41) is 11.0. The summed E-state index contributed by atoms with van der Waals surface area (Å²) >= 11 is 0. The molecule has 0 N–H and O–H groups in total. The Morgan fingerprint density at radius 1 is 0.926 bits per heavy atom. The van der Waals surface area contributed by atoms with Crippen molar-refractivity contribution in [2.24, 2.45) is 0 Å². The van der Waals surface area contributed by atoms with Gasteiger partial charge in [0.2, 0.25) is 0 Å². The fourth-order valence-corrected chi connectivity index (χ4v) is 2.94. The minimum absolute atomic E-state index is 0.0208. The lowest BCUT2D eigenvalue weighted by Gasteiger charge is -2.25. The summed E-state index contributed by atoms with van der Waals surface area (Å²) in [6.45, 7) is 1.86. The molecule has 1 atom stereocenters. The van der Waals surface area contributed by atoms with Gasteiger partial charge in [0.15, 0.2) is 0 Å². The molecule has 0 unspecified atom stereocenters. The highest BCUT2D eigenvalue weighted by atomic mass is 16.6. The summed E-state index contributed by atoms with van der Waals surface area (Å²) in [5.74, 6) is -0.131. The van der Waals surface area contributed by atoms with Crippen LogP contribution in [0.5, 0.6) is 0 Å². The number of non-ortho nitro benzene ring substituents is 1. The zero-order valence-electron chi connectivity index (χ0n) is 15.2. The Labute approximate surface area is 158 Å². The standard InChI is InChI=1S/C22H20N2O3/c1-16(20-9-6-10-21(15-20)24(26)27)23(2)22(25)19-13-11-18(12-14-19)17-7-4-3-5-8-17/h3-16H,1-2H3/t16-/m1/s1. The van der Waals surface area contributed by atoms with Gasteiger partial charge in [-0.25, -0.2) is 0 Å². The van der Waals surface area contributed by atoms with Gasteiger partial charge in [0.25, 0.3) is 11.6 Å². The van der Waals surface area contributed by atoms with Crippen molar-refractivity contribution in [2.45, 2.75) is 13.0 Å². The molecule has 0 saturated carbocycles. The van der Waals surface area contributed by atoms with Crippen molar-refractivity contribution in [3.63, 3.8) is 0 Å². The molecular formula is C22H20N2O3. The number of nitrogens with zero attached hydrogens (tertiary/aromatic N) is 2. The second-order valence-corrected chi connectivity index (χ2v) is 6.39. The van der Waals surface area contributed by atoms with Crippen LogP contribution in [0, 0.1) is 10.1 Å². The van der Waals surface area contributed by atoms with E-state index in [0.29, 0.717) is 5.56 Å². The Hall–Kier alpha value is -3.47. The minimum atomic E-state index is -0.430. The third-order valence-electron chi connectivity index (χ3n) is 4.70. The number of amides is 1. The van der Waals surface area contributed by atoms with E-state index in [4.69, 9.17) is 0 Å². The van der Waals surface area contributed by atoms with Gasteiger partial charge in [-0.3, -0.25) is 14.9 Å². The molecule has 0 heterocycles. The number of hydrogen-bond donors (Lipinski definition) is 0. The summed E-state index contributed by atoms with van der Waals surface area (Å²) in [5.41, 5.74) is 3.46. The normalized spacial score (nSPS) is 11.6. The highest BCUT2D eigenvalue weighted by Crippen LogP contribution is 2.25. The molecule has 3 aromatic carbocycles. The van der Waals surface area contributed by atoms with Gasteiger partial charge < -0.3 is 4.90 Å². The van der Waals surface area contributed by atoms with Crippen LogP contribution in [0.1, 0.15) is 28.9 Å². The van der Waals surface area contributed by atoms with Crippen LogP contribution in [0.15, 0.2) is 78.9 Å². The zero-order valence-corrected chi connectivity index (χ0v) is 15.2. The number of carbonyl (C=O) groups is 1. The number of carbonyl (C=O) groups excluding carboxylic acids is 1. The van der Waals surface area contributed by atoms with Crippen molar-refractivity contribution in [3.05, 3.63) is 100 Å². The minimum Gasteiger partial charge on any atom is -0.335 e. The number of nitro groups is 1. The summed E-state index contributed by atoms with van der Waals surface area (Å²) in [4.78, 5) is 25.0. The lowest BCUT2D eigenvalue weighted by Crippen LogP contribution is -2.29. The van der Waals surface area contributed by atoms with Gasteiger partial charge in [0.1, 0.15) is 0 Å². The van der Waals surface area contributed by atoms with Crippen LogP contribution >= 0.6 is 0 Å². The lowest BCUT2D eigenvalue weighted by atomic mass is 10.0. The maximum absolute atomic E-state index is 12.8. The molecule has 0 aliphatic carbocycles. The topological polar surface area (TPSA) is 63.5 Å². The first-order valence-electron chi connectivity index (χ1n) is 8.64. The van der Waals surface area contributed by atoms with Gasteiger partial charge in [-0.05, 0) is 35.7 Å². The maximum Gasteiger partial charge on any atom is 0.269 e. The van der Waals surface area contributed by atoms with Gasteiger partial charge in [-0.1, -0.05) is 54.6 Å². The molecule has 0 saturated heterocycles. The quantitative estimate of drug-likeness (QED) is 0.470. The SMILES string of the molecule is C[C@H](c1cccc([N+](=O)[O-])c1)N(C)C(=O)c1ccc(-c2ccccc2)cc1. The second kappa shape index (κ2) is 7.83. The van der Waals surface area contributed by atoms with Gasteiger partial charge in [-0.2, -0.15) is 0 Å². The fraction of sp³-hybridized carbons (Fsp3) is 0.136. The van der Waals surface area contributed by atoms with E-state index in [1.807, 2.05) is 49.4 Å². The molecule has 0 radical (unpaired) electrons. The van der Waals surface area contributed by atoms with Gasteiger partial charge in [0.05, 0.1) is 11.0 Å². The predicted octanol–water partition coefficient (Wildman–Crippen LogP) is 5.10. The number of hydrogen-bond acceptors (Lipinski definition) is 3. The van der Waals surface area contributed by atoms with Gasteiger partial charge in [-0.15, -0.1) is 0 Å². The molecule has 0 spiro atoms. The van der Waals surface area contributed by atoms with Crippen LogP contribution in [-0.2, 0) is 0 Å². The van der Waals surface area contributed by atoms with Crippen LogP contribution in [0.3, 0.4) is 0 Å². The summed E-state index contributed by atoms with van der Waals surface area (Å²) < 4.78 is 0. The Balaban J connectivity index is 1.78. The van der Waals surface area contributed by atoms with E-state index in [0.717, 1.165) is 16.7 Å². The first-order chi connectivity index (χ1) is 13.0. The van der Waals surface area contributed by atoms with Crippen molar-refractivity contribution in [3.8, 4) is 11.1 Å². The van der Waals surface area contributed by atoms with Crippen LogP contribution in [0.25, 0.3) is 11.1 Å². The zero-order chi connectivity index (χ0) is 19.4. The monoisotopic (exact) mass is 360 g/mol. The molecular weight excluding hydrogens is 340 g/mol. The Kier molecular flexibility index (Phi) is 5.31. The lowest BCUT2D eigenvalue weighted by molar-refractivity contribution is -0.384. The molecule has 0 aromatic heterocycles. The molecule has 3 aromatic rings. The van der Waals surface area contributed by atoms with E-state index in [1.54, 1.807) is 36.2 Å². The molecule has 136 valence electrons. The van der Waals surface area contributed by atoms with Crippen LogP contribution in [0.2, 0.25) is 0 Å². The molecule has 5 heteroatoms. The van der Waals surface area contributed by atoms with Crippen LogP contribution in [-0.4, -0.2) is 22.8 Å². The molecule has 1 amide bonds. The molecule has 0 bridgehead atoms. The van der Waals surface area contributed by atoms with E-state index < -0.39 is 4.92 Å². The van der Waals surface area contributed by atoms with E-state index in [9.17, 15) is 14.9 Å². The molecule has 0 aliphatic heterocycles. The summed E-state index contributed by atoms with van der Waals surface area (Å²) in [6, 6.07) is 23.5. The highest BCUT2D eigenvalue weighted by molar-refractivity contribution is 5.94. The van der Waals surface area contributed by atoms with Crippen molar-refractivity contribution < 1.29 is 9.72 Å². The average Bonchev–Trinajstić information content (AvgIpc) is 2.73. The smallest absolute Gasteiger partial charge is 0.269 e. The number of benzene rings is 3. The molecule has 5 nitrogen and oxygen atoms in total. The van der Waals surface area contributed by atoms with E-state index in [-0.39, 0.29) is 17.6 Å². The number of nitro benzene ring substituents is 1. The largest absolute Gasteiger partial charge is 0.335 e. The first-order valence-corrected chi connectivity index (χ1v) is 8.64. The number of rotatable bonds is 5. The maximum atomic E-state index is 12.8. The fourth-order valence-electron chi connectivity index (χ4n) is 2.94. The summed E-state index contributed by atoms with van der Waals surface area (Å²) in [7, 11) is 1.71. The molecule has 27 heavy (non-hydrogen) atoms. The van der Waals surface area contributed by atoms with E-state index in [2.05, 4.69) is 0 Å². The Bertz CT molecular complexity index is 953. The van der Waals surface area contributed by atoms with Crippen molar-refractivity contribution in [1.29, 1.82) is 0 Å². The third kappa shape index (κ3) is 4.03. The second-order valence-electron chi connectivity index (χ2n) is 6.39. The Morgan fingerprint density at radius 3 is 2.19 bits per heavy atom. The van der Waals surface area contributed by atoms with E-state index in [1.165, 1.54) is 12.1 Å². The highest BCUT2D eigenvalue weighted by Gasteiger charge is 2.20. The molecule has 0 fully saturated rings. The van der Waals surface area contributed by atoms with Crippen molar-refractivity contribution in [1.82, 2.24) is 4.90 Å². The van der Waals surface area contributed by atoms with Gasteiger partial charge in [0, 0.05) is 24.7 Å². The van der Waals surface area contributed by atoms with Crippen LogP contribution < -0.4 is 0 Å². The average molecular weight is 360 g/mol. The van der Waals surface area contributed by atoms with Crippen LogP contribution in [0.4, 0.5) is 5.69 Å². The Morgan fingerprint density at radius 2 is 1.56 bits per heavy atom. The van der Waals surface area contributed by atoms with E-state index >= 15 is 0 Å². The third-order valence-corrected chi connectivity index (χ3v) is 4.70. The summed E-state index contributed by atoms with van der Waals surface area (Å²) in [6.07, 6.45) is 0.